The van der Waals surface area contributed by atoms with Crippen LogP contribution in [0.3, 0.4) is 0 Å². The number of nitrogens with one attached hydrogen (secondary N) is 1. The van der Waals surface area contributed by atoms with Gasteiger partial charge in [0.15, 0.2) is 0 Å². The first kappa shape index (κ1) is 15.6. The fourth-order valence-electron chi connectivity index (χ4n) is 2.52. The molecule has 6 nitrogen and oxygen atoms in total. The van der Waals surface area contributed by atoms with Crippen molar-refractivity contribution in [2.75, 3.05) is 0 Å². The van der Waals surface area contributed by atoms with Crippen molar-refractivity contribution in [1.29, 1.82) is 5.26 Å². The van der Waals surface area contributed by atoms with Crippen LogP contribution >= 0.6 is 0 Å². The van der Waals surface area contributed by atoms with Crippen molar-refractivity contribution < 1.29 is 17.9 Å². The third-order valence-corrected chi connectivity index (χ3v) is 3.57. The molecule has 24 heavy (non-hydrogen) atoms. The first-order valence-electron chi connectivity index (χ1n) is 6.65. The van der Waals surface area contributed by atoms with Crippen LogP contribution in [-0.2, 0) is 6.18 Å². The quantitative estimate of drug-likeness (QED) is 0.830. The first-order chi connectivity index (χ1) is 11.3. The molecule has 3 rings (SSSR count). The lowest BCUT2D eigenvalue weighted by Crippen LogP contribution is -2.28. The highest BCUT2D eigenvalue weighted by Gasteiger charge is 2.36. The zero-order chi connectivity index (χ0) is 17.5. The number of ether oxygens (including phenoxy) is 1. The Labute approximate surface area is 133 Å². The Morgan fingerprint density at radius 2 is 2.12 bits per heavy atom. The zero-order valence-electron chi connectivity index (χ0n) is 11.9. The Hall–Kier alpha value is -3.28. The minimum Gasteiger partial charge on any atom is -0.422 e. The van der Waals surface area contributed by atoms with E-state index >= 15 is 0 Å². The Balaban J connectivity index is 2.27. The van der Waals surface area contributed by atoms with E-state index in [2.05, 4.69) is 9.97 Å². The third kappa shape index (κ3) is 2.48. The summed E-state index contributed by atoms with van der Waals surface area (Å²) in [7, 11) is 0. The molecule has 1 atom stereocenters. The number of allylic oxidation sites excluding steroid dienone is 1. The van der Waals surface area contributed by atoms with E-state index < -0.39 is 23.2 Å². The standard InChI is InChI=1S/C15H9F3N4O2/c16-15(17,18)8-3-1-2-7(4-8)10-9(5-19)12(20)24-14-11(10)13(23)21-6-22-14/h1-4,6,10H,20H2,(H,21,22,23). The Bertz CT molecular complexity index is 941. The van der Waals surface area contributed by atoms with Crippen molar-refractivity contribution >= 4 is 0 Å². The highest BCUT2D eigenvalue weighted by atomic mass is 19.4. The second kappa shape index (κ2) is 5.42. The summed E-state index contributed by atoms with van der Waals surface area (Å²) in [4.78, 5) is 18.3. The molecule has 2 aromatic rings. The number of hydrogen-bond acceptors (Lipinski definition) is 5. The molecule has 1 aromatic carbocycles. The van der Waals surface area contributed by atoms with Crippen molar-refractivity contribution in [2.45, 2.75) is 12.1 Å². The number of fused-ring (bicyclic) bond motifs is 1. The maximum absolute atomic E-state index is 13.0. The van der Waals surface area contributed by atoms with Crippen molar-refractivity contribution in [3.05, 3.63) is 69.1 Å². The number of nitrogens with two attached hydrogens (primary N) is 1. The number of rotatable bonds is 1. The predicted molar refractivity (Wildman–Crippen MR) is 75.6 cm³/mol. The molecule has 0 amide bonds. The van der Waals surface area contributed by atoms with Gasteiger partial charge in [-0.3, -0.25) is 4.79 Å². The van der Waals surface area contributed by atoms with Crippen molar-refractivity contribution in [2.24, 2.45) is 5.73 Å². The summed E-state index contributed by atoms with van der Waals surface area (Å²) in [5, 5.41) is 9.32. The molecule has 0 bridgehead atoms. The van der Waals surface area contributed by atoms with Gasteiger partial charge < -0.3 is 15.5 Å². The lowest BCUT2D eigenvalue weighted by molar-refractivity contribution is -0.137. The summed E-state index contributed by atoms with van der Waals surface area (Å²) in [5.41, 5.74) is 4.02. The fourth-order valence-corrected chi connectivity index (χ4v) is 2.52. The number of nitriles is 1. The highest BCUT2D eigenvalue weighted by molar-refractivity contribution is 5.53. The second-order valence-electron chi connectivity index (χ2n) is 5.00. The molecule has 2 heterocycles. The average Bonchev–Trinajstić information content (AvgIpc) is 2.53. The van der Waals surface area contributed by atoms with Gasteiger partial charge >= 0.3 is 6.18 Å². The molecule has 0 fully saturated rings. The van der Waals surface area contributed by atoms with Gasteiger partial charge in [0.2, 0.25) is 11.8 Å². The van der Waals surface area contributed by atoms with Crippen LogP contribution in [0.15, 0.2) is 46.8 Å². The van der Waals surface area contributed by atoms with E-state index in [4.69, 9.17) is 10.5 Å². The molecule has 0 aliphatic carbocycles. The molecule has 0 spiro atoms. The SMILES string of the molecule is N#CC1=C(N)Oc2nc[nH]c(=O)c2C1c1cccc(C(F)(F)F)c1. The van der Waals surface area contributed by atoms with Gasteiger partial charge in [-0.2, -0.15) is 18.4 Å². The van der Waals surface area contributed by atoms with Crippen molar-refractivity contribution in [1.82, 2.24) is 9.97 Å². The first-order valence-corrected chi connectivity index (χ1v) is 6.65. The molecule has 0 saturated heterocycles. The molecular weight excluding hydrogens is 325 g/mol. The van der Waals surface area contributed by atoms with E-state index in [1.165, 1.54) is 12.1 Å². The van der Waals surface area contributed by atoms with Crippen LogP contribution in [0.1, 0.15) is 22.6 Å². The largest absolute Gasteiger partial charge is 0.422 e. The minimum absolute atomic E-state index is 0.0671. The van der Waals surface area contributed by atoms with E-state index in [1.807, 2.05) is 0 Å². The van der Waals surface area contributed by atoms with Gasteiger partial charge in [-0.15, -0.1) is 0 Å². The van der Waals surface area contributed by atoms with Crippen LogP contribution in [0, 0.1) is 11.3 Å². The summed E-state index contributed by atoms with van der Waals surface area (Å²) in [6, 6.07) is 6.15. The number of alkyl halides is 3. The summed E-state index contributed by atoms with van der Waals surface area (Å²) < 4.78 is 44.0. The van der Waals surface area contributed by atoms with E-state index in [-0.39, 0.29) is 28.5 Å². The normalized spacial score (nSPS) is 17.0. The monoisotopic (exact) mass is 334 g/mol. The van der Waals surface area contributed by atoms with Gasteiger partial charge in [0.1, 0.15) is 11.6 Å². The average molecular weight is 334 g/mol. The molecular formula is C15H9F3N4O2. The molecule has 1 unspecified atom stereocenters. The number of nitrogens with zero attached hydrogens (tertiary/aromatic N) is 2. The summed E-state index contributed by atoms with van der Waals surface area (Å²) in [5.74, 6) is -1.54. The number of benzene rings is 1. The van der Waals surface area contributed by atoms with Gasteiger partial charge in [0.05, 0.1) is 23.4 Å². The van der Waals surface area contributed by atoms with Gasteiger partial charge in [-0.1, -0.05) is 18.2 Å². The molecule has 1 aromatic heterocycles. The summed E-state index contributed by atoms with van der Waals surface area (Å²) >= 11 is 0. The Morgan fingerprint density at radius 1 is 1.38 bits per heavy atom. The van der Waals surface area contributed by atoms with Gasteiger partial charge in [-0.25, -0.2) is 4.98 Å². The summed E-state index contributed by atoms with van der Waals surface area (Å²) in [6.45, 7) is 0. The summed E-state index contributed by atoms with van der Waals surface area (Å²) in [6.07, 6.45) is -3.48. The molecule has 3 N–H and O–H groups in total. The van der Waals surface area contributed by atoms with Gasteiger partial charge in [-0.05, 0) is 11.6 Å². The van der Waals surface area contributed by atoms with Crippen LogP contribution < -0.4 is 16.0 Å². The van der Waals surface area contributed by atoms with Crippen molar-refractivity contribution in [3.63, 3.8) is 0 Å². The lowest BCUT2D eigenvalue weighted by atomic mass is 9.84. The second-order valence-corrected chi connectivity index (χ2v) is 5.00. The van der Waals surface area contributed by atoms with Crippen molar-refractivity contribution in [3.8, 4) is 11.9 Å². The maximum atomic E-state index is 13.0. The van der Waals surface area contributed by atoms with Crippen LogP contribution in [0.4, 0.5) is 13.2 Å². The zero-order valence-corrected chi connectivity index (χ0v) is 11.9. The van der Waals surface area contributed by atoms with E-state index in [1.54, 1.807) is 6.07 Å². The van der Waals surface area contributed by atoms with Crippen LogP contribution in [-0.4, -0.2) is 9.97 Å². The molecule has 0 radical (unpaired) electrons. The minimum atomic E-state index is -4.56. The molecule has 0 saturated carbocycles. The fraction of sp³-hybridized carbons (Fsp3) is 0.133. The molecule has 9 heteroatoms. The smallest absolute Gasteiger partial charge is 0.416 e. The van der Waals surface area contributed by atoms with Gasteiger partial charge in [0, 0.05) is 0 Å². The Kier molecular flexibility index (Phi) is 3.52. The van der Waals surface area contributed by atoms with E-state index in [0.717, 1.165) is 18.5 Å². The Morgan fingerprint density at radius 3 is 2.79 bits per heavy atom. The van der Waals surface area contributed by atoms with Crippen LogP contribution in [0.5, 0.6) is 5.88 Å². The van der Waals surface area contributed by atoms with Crippen LogP contribution in [0.2, 0.25) is 0 Å². The number of hydrogen-bond donors (Lipinski definition) is 2. The third-order valence-electron chi connectivity index (χ3n) is 3.57. The molecule has 1 aliphatic heterocycles. The number of H-pyrrole nitrogens is 1. The molecule has 1 aliphatic rings. The van der Waals surface area contributed by atoms with Gasteiger partial charge in [0.25, 0.3) is 5.56 Å². The van der Waals surface area contributed by atoms with E-state index in [9.17, 15) is 23.2 Å². The predicted octanol–water partition coefficient (Wildman–Crippen LogP) is 2.01. The van der Waals surface area contributed by atoms with E-state index in [0.29, 0.717) is 0 Å². The maximum Gasteiger partial charge on any atom is 0.416 e. The topological polar surface area (TPSA) is 105 Å². The highest BCUT2D eigenvalue weighted by Crippen LogP contribution is 2.40. The number of aromatic nitrogens is 2. The lowest BCUT2D eigenvalue weighted by Gasteiger charge is -2.24. The molecule has 122 valence electrons. The number of halogens is 3. The van der Waals surface area contributed by atoms with Crippen LogP contribution in [0.25, 0.3) is 0 Å². The number of aromatic amines is 1.